The van der Waals surface area contributed by atoms with Crippen LogP contribution in [0.15, 0.2) is 11.6 Å². The zero-order valence-electron chi connectivity index (χ0n) is 12.0. The predicted octanol–water partition coefficient (Wildman–Crippen LogP) is 5.24. The van der Waals surface area contributed by atoms with Crippen LogP contribution in [0, 0.1) is 0 Å². The molecule has 0 aromatic carbocycles. The number of rotatable bonds is 12. The molecule has 1 heteroatoms. The summed E-state index contributed by atoms with van der Waals surface area (Å²) in [6, 6.07) is 0. The summed E-state index contributed by atoms with van der Waals surface area (Å²) >= 11 is 0. The first kappa shape index (κ1) is 16.7. The minimum atomic E-state index is 0.345. The molecule has 0 radical (unpaired) electrons. The number of aliphatic hydroxyl groups is 1. The van der Waals surface area contributed by atoms with Gasteiger partial charge in [-0.25, -0.2) is 0 Å². The van der Waals surface area contributed by atoms with Gasteiger partial charge < -0.3 is 5.11 Å². The van der Waals surface area contributed by atoms with Gasteiger partial charge in [0, 0.05) is 6.61 Å². The minimum absolute atomic E-state index is 0.345. The van der Waals surface area contributed by atoms with Gasteiger partial charge in [-0.05, 0) is 44.9 Å². The normalized spacial score (nSPS) is 12.1. The summed E-state index contributed by atoms with van der Waals surface area (Å²) in [5.41, 5.74) is 1.64. The summed E-state index contributed by atoms with van der Waals surface area (Å²) in [7, 11) is 0. The molecule has 0 aromatic heterocycles. The van der Waals surface area contributed by atoms with E-state index >= 15 is 0 Å². The maximum Gasteiger partial charge on any atom is 0.0431 e. The van der Waals surface area contributed by atoms with Crippen LogP contribution in [0.25, 0.3) is 0 Å². The molecule has 0 aromatic rings. The smallest absolute Gasteiger partial charge is 0.0431 e. The van der Waals surface area contributed by atoms with Crippen LogP contribution in [0.4, 0.5) is 0 Å². The molecule has 0 saturated carbocycles. The van der Waals surface area contributed by atoms with E-state index < -0.39 is 0 Å². The zero-order chi connectivity index (χ0) is 12.8. The van der Waals surface area contributed by atoms with Crippen molar-refractivity contribution in [3.63, 3.8) is 0 Å². The Kier molecular flexibility index (Phi) is 13.5. The Morgan fingerprint density at radius 3 is 2.00 bits per heavy atom. The molecule has 17 heavy (non-hydrogen) atoms. The van der Waals surface area contributed by atoms with Gasteiger partial charge in [-0.2, -0.15) is 0 Å². The Labute approximate surface area is 108 Å². The summed E-state index contributed by atoms with van der Waals surface area (Å²) in [6.07, 6.45) is 16.3. The Morgan fingerprint density at radius 1 is 0.824 bits per heavy atom. The molecule has 0 saturated heterocycles. The van der Waals surface area contributed by atoms with Gasteiger partial charge in [-0.15, -0.1) is 0 Å². The molecule has 0 amide bonds. The number of hydrogen-bond acceptors (Lipinski definition) is 1. The first-order valence-electron chi connectivity index (χ1n) is 7.63. The van der Waals surface area contributed by atoms with Gasteiger partial charge in [0.1, 0.15) is 0 Å². The highest BCUT2D eigenvalue weighted by Crippen LogP contribution is 2.17. The number of allylic oxidation sites excluding steroid dienone is 2. The molecule has 0 heterocycles. The third-order valence-corrected chi connectivity index (χ3v) is 3.25. The van der Waals surface area contributed by atoms with Crippen LogP contribution in [0.3, 0.4) is 0 Å². The molecular weight excluding hydrogens is 208 g/mol. The van der Waals surface area contributed by atoms with Crippen molar-refractivity contribution in [1.82, 2.24) is 0 Å². The van der Waals surface area contributed by atoms with E-state index in [9.17, 15) is 0 Å². The van der Waals surface area contributed by atoms with Gasteiger partial charge >= 0.3 is 0 Å². The van der Waals surface area contributed by atoms with Gasteiger partial charge in [0.15, 0.2) is 0 Å². The second kappa shape index (κ2) is 13.8. The van der Waals surface area contributed by atoms with Crippen LogP contribution in [0.2, 0.25) is 0 Å². The molecule has 0 bridgehead atoms. The van der Waals surface area contributed by atoms with Crippen LogP contribution < -0.4 is 0 Å². The number of aliphatic hydroxyl groups excluding tert-OH is 1. The van der Waals surface area contributed by atoms with Crippen molar-refractivity contribution in [3.8, 4) is 0 Å². The fraction of sp³-hybridized carbons (Fsp3) is 0.875. The van der Waals surface area contributed by atoms with E-state index in [2.05, 4.69) is 19.9 Å². The molecular formula is C16H32O. The van der Waals surface area contributed by atoms with Gasteiger partial charge in [0.25, 0.3) is 0 Å². The van der Waals surface area contributed by atoms with Gasteiger partial charge in [-0.3, -0.25) is 0 Å². The average Bonchev–Trinajstić information content (AvgIpc) is 2.34. The van der Waals surface area contributed by atoms with Gasteiger partial charge in [0.2, 0.25) is 0 Å². The lowest BCUT2D eigenvalue weighted by Crippen LogP contribution is -1.89. The van der Waals surface area contributed by atoms with E-state index in [1.807, 2.05) is 0 Å². The summed E-state index contributed by atoms with van der Waals surface area (Å²) in [4.78, 5) is 0. The van der Waals surface area contributed by atoms with Crippen molar-refractivity contribution in [3.05, 3.63) is 11.6 Å². The van der Waals surface area contributed by atoms with E-state index in [1.54, 1.807) is 5.57 Å². The second-order valence-electron chi connectivity index (χ2n) is 5.00. The maximum absolute atomic E-state index is 8.82. The molecule has 0 aliphatic carbocycles. The van der Waals surface area contributed by atoms with Gasteiger partial charge in [0.05, 0.1) is 0 Å². The highest BCUT2D eigenvalue weighted by molar-refractivity contribution is 5.01. The van der Waals surface area contributed by atoms with Crippen LogP contribution in [-0.2, 0) is 0 Å². The van der Waals surface area contributed by atoms with E-state index in [0.29, 0.717) is 6.61 Å². The molecule has 0 aliphatic heterocycles. The number of hydrogen-bond donors (Lipinski definition) is 1. The average molecular weight is 240 g/mol. The van der Waals surface area contributed by atoms with E-state index in [-0.39, 0.29) is 0 Å². The molecule has 1 nitrogen and oxygen atoms in total. The molecule has 0 fully saturated rings. The van der Waals surface area contributed by atoms with Crippen LogP contribution in [0.1, 0.15) is 84.5 Å². The Balaban J connectivity index is 3.81. The maximum atomic E-state index is 8.82. The molecule has 102 valence electrons. The minimum Gasteiger partial charge on any atom is -0.396 e. The predicted molar refractivity (Wildman–Crippen MR) is 77.3 cm³/mol. The lowest BCUT2D eigenvalue weighted by molar-refractivity contribution is 0.284. The fourth-order valence-corrected chi connectivity index (χ4v) is 2.10. The standard InChI is InChI=1S/C16H32O/c1-3-5-7-9-13-16(12-8-6-4-2)14-10-11-15-17/h13,17H,3-12,14-15H2,1-2H3/b16-13+. The van der Waals surface area contributed by atoms with E-state index in [1.165, 1.54) is 57.8 Å². The van der Waals surface area contributed by atoms with Crippen LogP contribution in [0.5, 0.6) is 0 Å². The topological polar surface area (TPSA) is 20.2 Å². The third-order valence-electron chi connectivity index (χ3n) is 3.25. The lowest BCUT2D eigenvalue weighted by atomic mass is 10.00. The monoisotopic (exact) mass is 240 g/mol. The first-order chi connectivity index (χ1) is 8.35. The fourth-order valence-electron chi connectivity index (χ4n) is 2.10. The Morgan fingerprint density at radius 2 is 1.41 bits per heavy atom. The lowest BCUT2D eigenvalue weighted by Gasteiger charge is -2.07. The summed E-state index contributed by atoms with van der Waals surface area (Å²) in [6.45, 7) is 4.86. The summed E-state index contributed by atoms with van der Waals surface area (Å²) < 4.78 is 0. The summed E-state index contributed by atoms with van der Waals surface area (Å²) in [5, 5.41) is 8.82. The zero-order valence-corrected chi connectivity index (χ0v) is 12.0. The number of unbranched alkanes of at least 4 members (excludes halogenated alkanes) is 6. The molecule has 0 unspecified atom stereocenters. The van der Waals surface area contributed by atoms with Crippen LogP contribution in [-0.4, -0.2) is 11.7 Å². The van der Waals surface area contributed by atoms with E-state index in [4.69, 9.17) is 5.11 Å². The molecule has 0 spiro atoms. The molecule has 0 atom stereocenters. The van der Waals surface area contributed by atoms with Crippen molar-refractivity contribution in [2.75, 3.05) is 6.61 Å². The first-order valence-corrected chi connectivity index (χ1v) is 7.63. The largest absolute Gasteiger partial charge is 0.396 e. The van der Waals surface area contributed by atoms with Crippen molar-refractivity contribution < 1.29 is 5.11 Å². The van der Waals surface area contributed by atoms with Crippen molar-refractivity contribution >= 4 is 0 Å². The SMILES string of the molecule is CCCCC/C=C(\CCCCC)CCCCO. The van der Waals surface area contributed by atoms with Crippen LogP contribution >= 0.6 is 0 Å². The van der Waals surface area contributed by atoms with Crippen molar-refractivity contribution in [1.29, 1.82) is 0 Å². The Hall–Kier alpha value is -0.300. The van der Waals surface area contributed by atoms with Gasteiger partial charge in [-0.1, -0.05) is 51.2 Å². The van der Waals surface area contributed by atoms with E-state index in [0.717, 1.165) is 12.8 Å². The Bertz CT molecular complexity index is 160. The third kappa shape index (κ3) is 12.0. The highest BCUT2D eigenvalue weighted by Gasteiger charge is 1.98. The highest BCUT2D eigenvalue weighted by atomic mass is 16.2. The van der Waals surface area contributed by atoms with Crippen molar-refractivity contribution in [2.24, 2.45) is 0 Å². The second-order valence-corrected chi connectivity index (χ2v) is 5.00. The molecule has 0 aliphatic rings. The van der Waals surface area contributed by atoms with Crippen molar-refractivity contribution in [2.45, 2.75) is 84.5 Å². The summed E-state index contributed by atoms with van der Waals surface area (Å²) in [5.74, 6) is 0. The molecule has 1 N–H and O–H groups in total. The quantitative estimate of drug-likeness (QED) is 0.365. The molecule has 0 rings (SSSR count).